The van der Waals surface area contributed by atoms with E-state index in [9.17, 15) is 19.1 Å². The number of nitrogens with zero attached hydrogens (tertiary/aromatic N) is 2. The first-order valence-corrected chi connectivity index (χ1v) is 7.43. The maximum Gasteiger partial charge on any atom is 0.331 e. The van der Waals surface area contributed by atoms with Crippen LogP contribution in [0.15, 0.2) is 67.3 Å². The molecule has 0 saturated heterocycles. The Kier molecular flexibility index (Phi) is 4.56. The number of carboxylic acid groups (broad SMARTS) is 1. The van der Waals surface area contributed by atoms with Crippen LogP contribution in [0.5, 0.6) is 0 Å². The summed E-state index contributed by atoms with van der Waals surface area (Å²) in [5, 5.41) is 11.7. The van der Waals surface area contributed by atoms with Gasteiger partial charge in [0, 0.05) is 29.2 Å². The zero-order valence-electron chi connectivity index (χ0n) is 13.0. The third-order valence-electron chi connectivity index (χ3n) is 3.67. The van der Waals surface area contributed by atoms with Crippen molar-refractivity contribution in [1.29, 1.82) is 0 Å². The van der Waals surface area contributed by atoms with Crippen LogP contribution < -0.4 is 5.32 Å². The average molecular weight is 339 g/mol. The van der Waals surface area contributed by atoms with E-state index in [-0.39, 0.29) is 11.1 Å². The van der Waals surface area contributed by atoms with Crippen molar-refractivity contribution in [2.24, 2.45) is 0 Å². The van der Waals surface area contributed by atoms with Gasteiger partial charge in [0.1, 0.15) is 5.82 Å². The summed E-state index contributed by atoms with van der Waals surface area (Å²) in [7, 11) is 0. The number of nitrogens with one attached hydrogen (secondary N) is 1. The van der Waals surface area contributed by atoms with Gasteiger partial charge in [0.2, 0.25) is 0 Å². The molecule has 3 rings (SSSR count). The lowest BCUT2D eigenvalue weighted by molar-refractivity contribution is -0.139. The zero-order valence-corrected chi connectivity index (χ0v) is 13.0. The summed E-state index contributed by atoms with van der Waals surface area (Å²) >= 11 is 0. The summed E-state index contributed by atoms with van der Waals surface area (Å²) in [6.07, 6.45) is 5.01. The molecule has 0 unspecified atom stereocenters. The molecule has 2 aromatic carbocycles. The van der Waals surface area contributed by atoms with Crippen molar-refractivity contribution >= 4 is 11.9 Å². The van der Waals surface area contributed by atoms with E-state index >= 15 is 0 Å². The van der Waals surface area contributed by atoms with Crippen molar-refractivity contribution < 1.29 is 19.1 Å². The van der Waals surface area contributed by atoms with Gasteiger partial charge in [-0.25, -0.2) is 14.2 Å². The number of carboxylic acids is 1. The Hall–Kier alpha value is -3.48. The summed E-state index contributed by atoms with van der Waals surface area (Å²) in [6, 6.07) is 10.5. The normalized spacial score (nSPS) is 11.7. The van der Waals surface area contributed by atoms with Crippen molar-refractivity contribution in [2.45, 2.75) is 6.04 Å². The molecule has 6 nitrogen and oxygen atoms in total. The van der Waals surface area contributed by atoms with Crippen LogP contribution >= 0.6 is 0 Å². The summed E-state index contributed by atoms with van der Waals surface area (Å²) < 4.78 is 15.6. The third kappa shape index (κ3) is 3.55. The Labute approximate surface area is 142 Å². The lowest BCUT2D eigenvalue weighted by Gasteiger charge is -2.15. The van der Waals surface area contributed by atoms with E-state index in [1.807, 2.05) is 0 Å². The molecular weight excluding hydrogens is 325 g/mol. The van der Waals surface area contributed by atoms with Gasteiger partial charge in [0.05, 0.1) is 6.33 Å². The van der Waals surface area contributed by atoms with E-state index < -0.39 is 23.7 Å². The van der Waals surface area contributed by atoms with Gasteiger partial charge in [0.25, 0.3) is 5.91 Å². The van der Waals surface area contributed by atoms with E-state index in [0.29, 0.717) is 0 Å². The van der Waals surface area contributed by atoms with Gasteiger partial charge in [-0.05, 0) is 30.3 Å². The van der Waals surface area contributed by atoms with E-state index in [0.717, 1.165) is 11.8 Å². The van der Waals surface area contributed by atoms with E-state index in [1.165, 1.54) is 18.2 Å². The summed E-state index contributed by atoms with van der Waals surface area (Å²) in [5.41, 5.74) is 0.975. The van der Waals surface area contributed by atoms with Gasteiger partial charge in [-0.1, -0.05) is 18.2 Å². The first-order chi connectivity index (χ1) is 12.1. The van der Waals surface area contributed by atoms with Crippen LogP contribution in [0.3, 0.4) is 0 Å². The Morgan fingerprint density at radius 3 is 2.44 bits per heavy atom. The van der Waals surface area contributed by atoms with Crippen molar-refractivity contribution in [1.82, 2.24) is 14.9 Å². The fraction of sp³-hybridized carbons (Fsp3) is 0.0556. The second-order valence-corrected chi connectivity index (χ2v) is 5.28. The topological polar surface area (TPSA) is 84.2 Å². The Balaban J connectivity index is 1.80. The van der Waals surface area contributed by atoms with Gasteiger partial charge in [-0.3, -0.25) is 4.79 Å². The van der Waals surface area contributed by atoms with Gasteiger partial charge < -0.3 is 15.0 Å². The molecule has 2 N–H and O–H groups in total. The number of rotatable bonds is 5. The Morgan fingerprint density at radius 1 is 1.12 bits per heavy atom. The minimum Gasteiger partial charge on any atom is -0.479 e. The van der Waals surface area contributed by atoms with Crippen LogP contribution in [0, 0.1) is 5.82 Å². The van der Waals surface area contributed by atoms with Crippen molar-refractivity contribution in [3.63, 3.8) is 0 Å². The molecule has 0 radical (unpaired) electrons. The maximum atomic E-state index is 13.8. The Bertz CT molecular complexity index is 892. The highest BCUT2D eigenvalue weighted by Crippen LogP contribution is 2.18. The van der Waals surface area contributed by atoms with E-state index in [1.54, 1.807) is 47.6 Å². The lowest BCUT2D eigenvalue weighted by Crippen LogP contribution is -2.34. The summed E-state index contributed by atoms with van der Waals surface area (Å²) in [4.78, 5) is 27.7. The van der Waals surface area contributed by atoms with Crippen LogP contribution in [0.25, 0.3) is 5.69 Å². The standard InChI is InChI=1S/C18H14FN3O3/c19-15-4-2-1-3-14(15)16(18(24)25)21-17(23)12-5-7-13(8-6-12)22-10-9-20-11-22/h1-11,16H,(H,21,23)(H,24,25)/t16-/m0/s1. The highest BCUT2D eigenvalue weighted by atomic mass is 19.1. The number of carbonyl (C=O) groups is 2. The van der Waals surface area contributed by atoms with Crippen molar-refractivity contribution in [3.05, 3.63) is 84.2 Å². The molecule has 0 spiro atoms. The second-order valence-electron chi connectivity index (χ2n) is 5.28. The molecule has 7 heteroatoms. The minimum atomic E-state index is -1.47. The molecule has 0 aliphatic heterocycles. The molecule has 0 bridgehead atoms. The summed E-state index contributed by atoms with van der Waals surface area (Å²) in [5.74, 6) is -2.63. The molecule has 1 aromatic heterocycles. The molecule has 0 fully saturated rings. The first-order valence-electron chi connectivity index (χ1n) is 7.43. The number of aliphatic carboxylic acids is 1. The molecule has 3 aromatic rings. The highest BCUT2D eigenvalue weighted by Gasteiger charge is 2.25. The van der Waals surface area contributed by atoms with Crippen LogP contribution in [0.1, 0.15) is 22.0 Å². The van der Waals surface area contributed by atoms with E-state index in [4.69, 9.17) is 0 Å². The zero-order chi connectivity index (χ0) is 17.8. The number of aromatic nitrogens is 2. The molecule has 0 aliphatic rings. The van der Waals surface area contributed by atoms with Crippen molar-refractivity contribution in [3.8, 4) is 5.69 Å². The van der Waals surface area contributed by atoms with Crippen LogP contribution in [-0.2, 0) is 4.79 Å². The van der Waals surface area contributed by atoms with Gasteiger partial charge in [-0.15, -0.1) is 0 Å². The lowest BCUT2D eigenvalue weighted by atomic mass is 10.1. The van der Waals surface area contributed by atoms with Gasteiger partial charge >= 0.3 is 5.97 Å². The summed E-state index contributed by atoms with van der Waals surface area (Å²) in [6.45, 7) is 0. The molecular formula is C18H14FN3O3. The molecule has 1 amide bonds. The highest BCUT2D eigenvalue weighted by molar-refractivity contribution is 5.97. The van der Waals surface area contributed by atoms with Crippen LogP contribution in [0.2, 0.25) is 0 Å². The smallest absolute Gasteiger partial charge is 0.331 e. The predicted octanol–water partition coefficient (Wildman–Crippen LogP) is 2.57. The fourth-order valence-corrected chi connectivity index (χ4v) is 2.39. The van der Waals surface area contributed by atoms with Crippen LogP contribution in [-0.4, -0.2) is 26.5 Å². The molecule has 25 heavy (non-hydrogen) atoms. The largest absolute Gasteiger partial charge is 0.479 e. The number of halogens is 1. The number of carbonyl (C=O) groups excluding carboxylic acids is 1. The number of hydrogen-bond acceptors (Lipinski definition) is 3. The monoisotopic (exact) mass is 339 g/mol. The van der Waals surface area contributed by atoms with Crippen molar-refractivity contribution in [2.75, 3.05) is 0 Å². The second kappa shape index (κ2) is 6.96. The Morgan fingerprint density at radius 2 is 1.84 bits per heavy atom. The quantitative estimate of drug-likeness (QED) is 0.748. The van der Waals surface area contributed by atoms with Crippen LogP contribution in [0.4, 0.5) is 4.39 Å². The predicted molar refractivity (Wildman–Crippen MR) is 87.8 cm³/mol. The SMILES string of the molecule is O=C(N[C@H](C(=O)O)c1ccccc1F)c1ccc(-n2ccnc2)cc1. The number of amides is 1. The molecule has 1 atom stereocenters. The third-order valence-corrected chi connectivity index (χ3v) is 3.67. The van der Waals surface area contributed by atoms with E-state index in [2.05, 4.69) is 10.3 Å². The molecule has 1 heterocycles. The molecule has 126 valence electrons. The molecule has 0 saturated carbocycles. The number of benzene rings is 2. The fourth-order valence-electron chi connectivity index (χ4n) is 2.39. The first kappa shape index (κ1) is 16.4. The average Bonchev–Trinajstić information content (AvgIpc) is 3.15. The van der Waals surface area contributed by atoms with Gasteiger partial charge in [-0.2, -0.15) is 0 Å². The molecule has 0 aliphatic carbocycles. The maximum absolute atomic E-state index is 13.8. The number of hydrogen-bond donors (Lipinski definition) is 2. The number of imidazole rings is 1. The minimum absolute atomic E-state index is 0.0987. The van der Waals surface area contributed by atoms with Gasteiger partial charge in [0.15, 0.2) is 6.04 Å².